The van der Waals surface area contributed by atoms with Crippen molar-refractivity contribution in [3.63, 3.8) is 0 Å². The Morgan fingerprint density at radius 1 is 1.10 bits per heavy atom. The number of benzene rings is 2. The van der Waals surface area contributed by atoms with Gasteiger partial charge in [-0.1, -0.05) is 28.1 Å². The minimum Gasteiger partial charge on any atom is -0.493 e. The molecule has 0 aliphatic heterocycles. The van der Waals surface area contributed by atoms with Gasteiger partial charge in [-0.2, -0.15) is 0 Å². The maximum absolute atomic E-state index is 13.2. The largest absolute Gasteiger partial charge is 0.493 e. The summed E-state index contributed by atoms with van der Waals surface area (Å²) in [4.78, 5) is 0.114. The van der Waals surface area contributed by atoms with Crippen molar-refractivity contribution in [2.75, 3.05) is 14.2 Å². The van der Waals surface area contributed by atoms with Gasteiger partial charge in [-0.05, 0) is 64.4 Å². The van der Waals surface area contributed by atoms with Crippen LogP contribution in [0.1, 0.15) is 16.0 Å². The van der Waals surface area contributed by atoms with Gasteiger partial charge in [0.2, 0.25) is 0 Å². The standard InChI is InChI=1S/C16H15BrFIO2/c1-20-15-6-3-10(8-16(15)21-2)7-13(17)12-5-4-11(18)9-14(12)19/h3-6,8-9,13H,7H2,1-2H3. The fourth-order valence-electron chi connectivity index (χ4n) is 2.08. The molecule has 0 aromatic heterocycles. The molecule has 0 aliphatic rings. The maximum Gasteiger partial charge on any atom is 0.160 e. The molecule has 0 radical (unpaired) electrons. The Kier molecular flexibility index (Phi) is 5.87. The van der Waals surface area contributed by atoms with Crippen molar-refractivity contribution in [1.82, 2.24) is 0 Å². The highest BCUT2D eigenvalue weighted by Crippen LogP contribution is 2.34. The maximum atomic E-state index is 13.2. The van der Waals surface area contributed by atoms with Crippen molar-refractivity contribution in [2.45, 2.75) is 11.2 Å². The van der Waals surface area contributed by atoms with E-state index in [0.717, 1.165) is 21.1 Å². The Morgan fingerprint density at radius 3 is 2.43 bits per heavy atom. The molecule has 0 saturated carbocycles. The number of hydrogen-bond acceptors (Lipinski definition) is 2. The van der Waals surface area contributed by atoms with E-state index in [1.807, 2.05) is 24.3 Å². The van der Waals surface area contributed by atoms with Crippen LogP contribution in [-0.2, 0) is 6.42 Å². The zero-order valence-electron chi connectivity index (χ0n) is 11.7. The molecule has 2 aromatic rings. The summed E-state index contributed by atoms with van der Waals surface area (Å²) >= 11 is 5.84. The third-order valence-electron chi connectivity index (χ3n) is 3.16. The highest BCUT2D eigenvalue weighted by molar-refractivity contribution is 14.1. The summed E-state index contributed by atoms with van der Waals surface area (Å²) in [6.45, 7) is 0. The van der Waals surface area contributed by atoms with Crippen LogP contribution in [0.2, 0.25) is 0 Å². The molecule has 2 aromatic carbocycles. The number of rotatable bonds is 5. The van der Waals surface area contributed by atoms with Crippen molar-refractivity contribution in [2.24, 2.45) is 0 Å². The van der Waals surface area contributed by atoms with Crippen LogP contribution in [0.3, 0.4) is 0 Å². The van der Waals surface area contributed by atoms with Gasteiger partial charge < -0.3 is 9.47 Å². The summed E-state index contributed by atoms with van der Waals surface area (Å²) in [6, 6.07) is 10.7. The number of hydrogen-bond donors (Lipinski definition) is 0. The van der Waals surface area contributed by atoms with Crippen molar-refractivity contribution >= 4 is 38.5 Å². The van der Waals surface area contributed by atoms with Crippen LogP contribution in [0.5, 0.6) is 11.5 Å². The summed E-state index contributed by atoms with van der Waals surface area (Å²) < 4.78 is 24.6. The van der Waals surface area contributed by atoms with Crippen LogP contribution >= 0.6 is 38.5 Å². The minimum absolute atomic E-state index is 0.114. The van der Waals surface area contributed by atoms with Gasteiger partial charge in [0.15, 0.2) is 11.5 Å². The van der Waals surface area contributed by atoms with Crippen LogP contribution < -0.4 is 9.47 Å². The van der Waals surface area contributed by atoms with Gasteiger partial charge in [0.25, 0.3) is 0 Å². The average Bonchev–Trinajstić information content (AvgIpc) is 2.46. The number of halogens is 3. The zero-order chi connectivity index (χ0) is 15.4. The van der Waals surface area contributed by atoms with E-state index in [2.05, 4.69) is 38.5 Å². The molecule has 0 fully saturated rings. The first-order chi connectivity index (χ1) is 10.0. The number of ether oxygens (including phenoxy) is 2. The molecule has 0 amide bonds. The monoisotopic (exact) mass is 464 g/mol. The Bertz CT molecular complexity index is 634. The quantitative estimate of drug-likeness (QED) is 0.451. The Morgan fingerprint density at radius 2 is 1.81 bits per heavy atom. The highest BCUT2D eigenvalue weighted by Gasteiger charge is 2.14. The van der Waals surface area contributed by atoms with Crippen molar-refractivity contribution in [3.05, 3.63) is 56.9 Å². The summed E-state index contributed by atoms with van der Waals surface area (Å²) in [6.07, 6.45) is 0.780. The van der Waals surface area contributed by atoms with Gasteiger partial charge in [0, 0.05) is 8.40 Å². The van der Waals surface area contributed by atoms with E-state index in [0.29, 0.717) is 11.5 Å². The molecule has 2 rings (SSSR count). The molecule has 0 bridgehead atoms. The normalized spacial score (nSPS) is 12.0. The van der Waals surface area contributed by atoms with E-state index in [1.54, 1.807) is 20.3 Å². The first-order valence-electron chi connectivity index (χ1n) is 6.35. The fraction of sp³-hybridized carbons (Fsp3) is 0.250. The molecule has 1 atom stereocenters. The van der Waals surface area contributed by atoms with E-state index < -0.39 is 0 Å². The number of methoxy groups -OCH3 is 2. The smallest absolute Gasteiger partial charge is 0.160 e. The van der Waals surface area contributed by atoms with Crippen LogP contribution in [0.15, 0.2) is 36.4 Å². The Hall–Kier alpha value is -0.820. The van der Waals surface area contributed by atoms with Gasteiger partial charge in [-0.25, -0.2) is 4.39 Å². The molecule has 1 unspecified atom stereocenters. The topological polar surface area (TPSA) is 18.5 Å². The molecule has 0 aliphatic carbocycles. The third-order valence-corrected chi connectivity index (χ3v) is 4.91. The van der Waals surface area contributed by atoms with E-state index in [4.69, 9.17) is 9.47 Å². The van der Waals surface area contributed by atoms with Crippen molar-refractivity contribution in [3.8, 4) is 11.5 Å². The molecular formula is C16H15BrFIO2. The second-order valence-electron chi connectivity index (χ2n) is 4.53. The van der Waals surface area contributed by atoms with Crippen molar-refractivity contribution < 1.29 is 13.9 Å². The molecular weight excluding hydrogens is 450 g/mol. The lowest BCUT2D eigenvalue weighted by Gasteiger charge is -2.14. The highest BCUT2D eigenvalue weighted by atomic mass is 127. The molecule has 5 heteroatoms. The van der Waals surface area contributed by atoms with Crippen molar-refractivity contribution in [1.29, 1.82) is 0 Å². The van der Waals surface area contributed by atoms with Gasteiger partial charge >= 0.3 is 0 Å². The van der Waals surface area contributed by atoms with Gasteiger partial charge in [-0.15, -0.1) is 0 Å². The van der Waals surface area contributed by atoms with Crippen LogP contribution in [0, 0.1) is 9.39 Å². The van der Waals surface area contributed by atoms with E-state index in [-0.39, 0.29) is 10.6 Å². The summed E-state index contributed by atoms with van der Waals surface area (Å²) in [5.74, 6) is 1.21. The van der Waals surface area contributed by atoms with Gasteiger partial charge in [-0.3, -0.25) is 0 Å². The summed E-state index contributed by atoms with van der Waals surface area (Å²) in [7, 11) is 3.24. The molecule has 0 saturated heterocycles. The lowest BCUT2D eigenvalue weighted by atomic mass is 10.0. The van der Waals surface area contributed by atoms with Crippen LogP contribution in [0.4, 0.5) is 4.39 Å². The SMILES string of the molecule is COc1ccc(CC(Br)c2ccc(F)cc2I)cc1OC. The second kappa shape index (κ2) is 7.45. The molecule has 0 N–H and O–H groups in total. The molecule has 0 spiro atoms. The predicted octanol–water partition coefficient (Wildman–Crippen LogP) is 5.13. The van der Waals surface area contributed by atoms with Crippen LogP contribution in [0.25, 0.3) is 0 Å². The van der Waals surface area contributed by atoms with E-state index in [9.17, 15) is 4.39 Å². The Labute approximate surface area is 145 Å². The third kappa shape index (κ3) is 4.10. The molecule has 112 valence electrons. The minimum atomic E-state index is -0.214. The number of alkyl halides is 1. The first-order valence-corrected chi connectivity index (χ1v) is 8.34. The Balaban J connectivity index is 2.21. The fourth-order valence-corrected chi connectivity index (χ4v) is 4.13. The predicted molar refractivity (Wildman–Crippen MR) is 94.0 cm³/mol. The lowest BCUT2D eigenvalue weighted by Crippen LogP contribution is -2.00. The van der Waals surface area contributed by atoms with E-state index >= 15 is 0 Å². The van der Waals surface area contributed by atoms with Gasteiger partial charge in [0.1, 0.15) is 5.82 Å². The second-order valence-corrected chi connectivity index (χ2v) is 6.79. The molecule has 21 heavy (non-hydrogen) atoms. The molecule has 2 nitrogen and oxygen atoms in total. The van der Waals surface area contributed by atoms with Crippen LogP contribution in [-0.4, -0.2) is 14.2 Å². The zero-order valence-corrected chi connectivity index (χ0v) is 15.4. The molecule has 0 heterocycles. The lowest BCUT2D eigenvalue weighted by molar-refractivity contribution is 0.354. The summed E-state index contributed by atoms with van der Waals surface area (Å²) in [5.41, 5.74) is 2.20. The summed E-state index contributed by atoms with van der Waals surface area (Å²) in [5, 5.41) is 0. The average molecular weight is 465 g/mol. The van der Waals surface area contributed by atoms with Gasteiger partial charge in [0.05, 0.1) is 14.2 Å². The first kappa shape index (κ1) is 16.5. The van der Waals surface area contributed by atoms with E-state index in [1.165, 1.54) is 6.07 Å².